The van der Waals surface area contributed by atoms with E-state index in [2.05, 4.69) is 21.3 Å². The fourth-order valence-electron chi connectivity index (χ4n) is 3.37. The lowest BCUT2D eigenvalue weighted by Crippen LogP contribution is -2.47. The van der Waals surface area contributed by atoms with Crippen LogP contribution in [0.15, 0.2) is 18.5 Å². The molecule has 2 aliphatic heterocycles. The van der Waals surface area contributed by atoms with Crippen LogP contribution in [0.25, 0.3) is 0 Å². The number of hydrogen-bond donors (Lipinski definition) is 1. The van der Waals surface area contributed by atoms with Crippen molar-refractivity contribution in [3.63, 3.8) is 0 Å². The van der Waals surface area contributed by atoms with Crippen LogP contribution in [-0.2, 0) is 4.74 Å². The molecule has 1 aromatic rings. The highest BCUT2D eigenvalue weighted by atomic mass is 35.5. The van der Waals surface area contributed by atoms with Crippen LogP contribution >= 0.6 is 11.6 Å². The van der Waals surface area contributed by atoms with E-state index in [0.29, 0.717) is 12.0 Å². The van der Waals surface area contributed by atoms with Crippen LogP contribution in [0, 0.1) is 5.92 Å². The first-order valence-corrected chi connectivity index (χ1v) is 7.86. The van der Waals surface area contributed by atoms with Crippen LogP contribution in [0.5, 0.6) is 0 Å². The van der Waals surface area contributed by atoms with Gasteiger partial charge in [0.05, 0.1) is 5.02 Å². The van der Waals surface area contributed by atoms with Gasteiger partial charge in [0.2, 0.25) is 0 Å². The van der Waals surface area contributed by atoms with Gasteiger partial charge in [-0.25, -0.2) is 0 Å². The topological polar surface area (TPSA) is 37.4 Å². The molecule has 2 fully saturated rings. The second kappa shape index (κ2) is 6.85. The van der Waals surface area contributed by atoms with E-state index in [-0.39, 0.29) is 0 Å². The summed E-state index contributed by atoms with van der Waals surface area (Å²) >= 11 is 6.42. The minimum Gasteiger partial charge on any atom is -0.381 e. The van der Waals surface area contributed by atoms with E-state index in [9.17, 15) is 0 Å². The first-order valence-electron chi connectivity index (χ1n) is 7.48. The summed E-state index contributed by atoms with van der Waals surface area (Å²) in [5, 5.41) is 4.22. The third-order valence-electron chi connectivity index (χ3n) is 4.38. The first kappa shape index (κ1) is 14.3. The summed E-state index contributed by atoms with van der Waals surface area (Å²) in [6.45, 7) is 6.03. The number of piperazine rings is 1. The molecule has 0 aromatic carbocycles. The number of pyridine rings is 1. The molecule has 2 aliphatic rings. The van der Waals surface area contributed by atoms with Gasteiger partial charge in [0.1, 0.15) is 0 Å². The average Bonchev–Trinajstić information content (AvgIpc) is 2.52. The molecule has 0 saturated carbocycles. The van der Waals surface area contributed by atoms with E-state index in [4.69, 9.17) is 16.3 Å². The second-order valence-electron chi connectivity index (χ2n) is 5.58. The van der Waals surface area contributed by atoms with Gasteiger partial charge < -0.3 is 10.1 Å². The number of halogens is 1. The summed E-state index contributed by atoms with van der Waals surface area (Å²) in [4.78, 5) is 6.71. The first-order chi connectivity index (χ1) is 9.86. The molecule has 0 unspecified atom stereocenters. The smallest absolute Gasteiger partial charge is 0.0637 e. The third-order valence-corrected chi connectivity index (χ3v) is 4.70. The molecule has 0 amide bonds. The van der Waals surface area contributed by atoms with Crippen LogP contribution < -0.4 is 5.32 Å². The largest absolute Gasteiger partial charge is 0.381 e. The normalized spacial score (nSPS) is 23.6. The zero-order chi connectivity index (χ0) is 13.8. The maximum Gasteiger partial charge on any atom is 0.0637 e. The van der Waals surface area contributed by atoms with Gasteiger partial charge in [-0.05, 0) is 30.4 Å². The van der Waals surface area contributed by atoms with Gasteiger partial charge in [-0.15, -0.1) is 0 Å². The zero-order valence-corrected chi connectivity index (χ0v) is 12.5. The van der Waals surface area contributed by atoms with Gasteiger partial charge in [0.25, 0.3) is 0 Å². The molecule has 0 spiro atoms. The molecule has 3 rings (SSSR count). The predicted octanol–water partition coefficient (Wildman–Crippen LogP) is 2.11. The van der Waals surface area contributed by atoms with E-state index < -0.39 is 0 Å². The molecule has 0 radical (unpaired) electrons. The lowest BCUT2D eigenvalue weighted by atomic mass is 9.86. The predicted molar refractivity (Wildman–Crippen MR) is 80.0 cm³/mol. The lowest BCUT2D eigenvalue weighted by Gasteiger charge is -2.41. The van der Waals surface area contributed by atoms with E-state index in [0.717, 1.165) is 57.3 Å². The second-order valence-corrected chi connectivity index (χ2v) is 5.98. The highest BCUT2D eigenvalue weighted by Gasteiger charge is 2.32. The highest BCUT2D eigenvalue weighted by Crippen LogP contribution is 2.37. The Hall–Kier alpha value is -0.680. The Kier molecular flexibility index (Phi) is 4.89. The number of nitrogens with zero attached hydrogens (tertiary/aromatic N) is 2. The number of aromatic nitrogens is 1. The van der Waals surface area contributed by atoms with Crippen molar-refractivity contribution < 1.29 is 4.74 Å². The van der Waals surface area contributed by atoms with Gasteiger partial charge in [-0.2, -0.15) is 0 Å². The summed E-state index contributed by atoms with van der Waals surface area (Å²) in [6, 6.07) is 2.49. The summed E-state index contributed by atoms with van der Waals surface area (Å²) in [6.07, 6.45) is 5.86. The summed E-state index contributed by atoms with van der Waals surface area (Å²) in [7, 11) is 0. The number of nitrogens with one attached hydrogen (secondary N) is 1. The van der Waals surface area contributed by atoms with Gasteiger partial charge in [-0.3, -0.25) is 9.88 Å². The SMILES string of the molecule is Clc1cnccc1[C@H](C1CCOCC1)N1CCNCC1. The van der Waals surface area contributed by atoms with Crippen LogP contribution in [0.1, 0.15) is 24.4 Å². The molecule has 0 aliphatic carbocycles. The molecule has 1 N–H and O–H groups in total. The number of hydrogen-bond acceptors (Lipinski definition) is 4. The van der Waals surface area contributed by atoms with Crippen molar-refractivity contribution in [3.05, 3.63) is 29.0 Å². The molecular weight excluding hydrogens is 274 g/mol. The Balaban J connectivity index is 1.87. The Bertz CT molecular complexity index is 413. The molecule has 1 aromatic heterocycles. The summed E-state index contributed by atoms with van der Waals surface area (Å²) < 4.78 is 5.53. The Morgan fingerprint density at radius 3 is 2.75 bits per heavy atom. The van der Waals surface area contributed by atoms with Crippen LogP contribution in [0.4, 0.5) is 0 Å². The molecule has 20 heavy (non-hydrogen) atoms. The number of ether oxygens (including phenoxy) is 1. The van der Waals surface area contributed by atoms with E-state index in [1.54, 1.807) is 6.20 Å². The van der Waals surface area contributed by atoms with E-state index >= 15 is 0 Å². The van der Waals surface area contributed by atoms with Crippen LogP contribution in [0.2, 0.25) is 5.02 Å². The summed E-state index contributed by atoms with van der Waals surface area (Å²) in [5.41, 5.74) is 1.23. The van der Waals surface area contributed by atoms with E-state index in [1.807, 2.05) is 6.20 Å². The molecule has 3 heterocycles. The average molecular weight is 296 g/mol. The molecule has 1 atom stereocenters. The Labute approximate surface area is 125 Å². The number of rotatable bonds is 3. The van der Waals surface area contributed by atoms with Crippen LogP contribution in [-0.4, -0.2) is 49.3 Å². The van der Waals surface area contributed by atoms with Gasteiger partial charge in [0.15, 0.2) is 0 Å². The molecule has 5 heteroatoms. The maximum atomic E-state index is 6.42. The molecular formula is C15H22ClN3O. The Morgan fingerprint density at radius 2 is 2.05 bits per heavy atom. The van der Waals surface area contributed by atoms with Crippen molar-refractivity contribution in [2.24, 2.45) is 5.92 Å². The van der Waals surface area contributed by atoms with Crippen LogP contribution in [0.3, 0.4) is 0 Å². The molecule has 4 nitrogen and oxygen atoms in total. The van der Waals surface area contributed by atoms with Crippen molar-refractivity contribution in [1.29, 1.82) is 0 Å². The van der Waals surface area contributed by atoms with Crippen molar-refractivity contribution in [3.8, 4) is 0 Å². The van der Waals surface area contributed by atoms with Crippen molar-refractivity contribution in [1.82, 2.24) is 15.2 Å². The fourth-order valence-corrected chi connectivity index (χ4v) is 3.60. The highest BCUT2D eigenvalue weighted by molar-refractivity contribution is 6.31. The lowest BCUT2D eigenvalue weighted by molar-refractivity contribution is 0.0213. The molecule has 110 valence electrons. The molecule has 0 bridgehead atoms. The zero-order valence-electron chi connectivity index (χ0n) is 11.7. The Morgan fingerprint density at radius 1 is 1.30 bits per heavy atom. The molecule has 2 saturated heterocycles. The quantitative estimate of drug-likeness (QED) is 0.927. The van der Waals surface area contributed by atoms with Gasteiger partial charge >= 0.3 is 0 Å². The van der Waals surface area contributed by atoms with Gasteiger partial charge in [0, 0.05) is 57.8 Å². The monoisotopic (exact) mass is 295 g/mol. The minimum atomic E-state index is 0.400. The minimum absolute atomic E-state index is 0.400. The maximum absolute atomic E-state index is 6.42. The van der Waals surface area contributed by atoms with Gasteiger partial charge in [-0.1, -0.05) is 11.6 Å². The standard InChI is InChI=1S/C15H22ClN3O/c16-14-11-18-4-1-13(14)15(12-2-9-20-10-3-12)19-7-5-17-6-8-19/h1,4,11-12,15,17H,2-3,5-10H2/t15-/m0/s1. The van der Waals surface area contributed by atoms with Crippen molar-refractivity contribution in [2.45, 2.75) is 18.9 Å². The van der Waals surface area contributed by atoms with E-state index in [1.165, 1.54) is 5.56 Å². The third kappa shape index (κ3) is 3.14. The fraction of sp³-hybridized carbons (Fsp3) is 0.667. The van der Waals surface area contributed by atoms with Crippen molar-refractivity contribution >= 4 is 11.6 Å². The van der Waals surface area contributed by atoms with Crippen molar-refractivity contribution in [2.75, 3.05) is 39.4 Å². The summed E-state index contributed by atoms with van der Waals surface area (Å²) in [5.74, 6) is 0.627.